The molecule has 19 heavy (non-hydrogen) atoms. The van der Waals surface area contributed by atoms with E-state index in [0.29, 0.717) is 5.91 Å². The van der Waals surface area contributed by atoms with Gasteiger partial charge in [0, 0.05) is 25.6 Å². The van der Waals surface area contributed by atoms with Crippen molar-refractivity contribution in [1.82, 2.24) is 10.2 Å². The third-order valence-corrected chi connectivity index (χ3v) is 4.98. The molecule has 1 aliphatic carbocycles. The summed E-state index contributed by atoms with van der Waals surface area (Å²) in [4.78, 5) is 26.4. The van der Waals surface area contributed by atoms with E-state index in [1.165, 1.54) is 0 Å². The van der Waals surface area contributed by atoms with Crippen LogP contribution in [-0.4, -0.2) is 36.3 Å². The Hall–Kier alpha value is -1.32. The Morgan fingerprint density at radius 2 is 2.00 bits per heavy atom. The summed E-state index contributed by atoms with van der Waals surface area (Å²) < 4.78 is 0. The van der Waals surface area contributed by atoms with Crippen LogP contribution in [0.15, 0.2) is 12.2 Å². The lowest BCUT2D eigenvalue weighted by molar-refractivity contribution is -0.135. The fraction of sp³-hybridized carbons (Fsp3) is 0.733. The van der Waals surface area contributed by atoms with Gasteiger partial charge in [-0.1, -0.05) is 12.2 Å². The number of likely N-dealkylation sites (tertiary alicyclic amines) is 1. The zero-order chi connectivity index (χ0) is 13.3. The van der Waals surface area contributed by atoms with E-state index in [4.69, 9.17) is 0 Å². The maximum atomic E-state index is 12.4. The van der Waals surface area contributed by atoms with E-state index in [1.54, 1.807) is 0 Å². The van der Waals surface area contributed by atoms with Gasteiger partial charge in [0.1, 0.15) is 0 Å². The van der Waals surface area contributed by atoms with Crippen LogP contribution >= 0.6 is 0 Å². The molecular weight excluding hydrogens is 240 g/mol. The van der Waals surface area contributed by atoms with Gasteiger partial charge in [0.15, 0.2) is 0 Å². The van der Waals surface area contributed by atoms with E-state index in [1.807, 2.05) is 4.90 Å². The minimum atomic E-state index is -0.178. The van der Waals surface area contributed by atoms with E-state index < -0.39 is 0 Å². The molecule has 0 radical (unpaired) electrons. The molecule has 0 saturated carbocycles. The van der Waals surface area contributed by atoms with Crippen molar-refractivity contribution in [2.75, 3.05) is 19.6 Å². The molecular formula is C15H22N2O2. The van der Waals surface area contributed by atoms with Crippen LogP contribution in [0.3, 0.4) is 0 Å². The summed E-state index contributed by atoms with van der Waals surface area (Å²) >= 11 is 0. The largest absolute Gasteiger partial charge is 0.356 e. The number of rotatable bonds is 1. The highest BCUT2D eigenvalue weighted by molar-refractivity contribution is 5.85. The molecule has 3 rings (SSSR count). The van der Waals surface area contributed by atoms with E-state index in [2.05, 4.69) is 17.5 Å². The average Bonchev–Trinajstić information content (AvgIpc) is 2.98. The SMILES string of the molecule is O=C(C1CC=CC1)N1CCCC2(CCNC2=O)CC1. The van der Waals surface area contributed by atoms with Crippen molar-refractivity contribution in [2.24, 2.45) is 11.3 Å². The quantitative estimate of drug-likeness (QED) is 0.728. The van der Waals surface area contributed by atoms with Crippen LogP contribution in [0.4, 0.5) is 0 Å². The first kappa shape index (κ1) is 12.7. The standard InChI is InChI=1S/C15H22N2O2/c18-13(12-4-1-2-5-12)17-10-3-6-15(8-11-17)7-9-16-14(15)19/h1-2,12H,3-11H2,(H,16,19). The molecule has 104 valence electrons. The zero-order valence-corrected chi connectivity index (χ0v) is 11.4. The van der Waals surface area contributed by atoms with Crippen molar-refractivity contribution in [1.29, 1.82) is 0 Å². The van der Waals surface area contributed by atoms with Crippen LogP contribution in [0.2, 0.25) is 0 Å². The molecule has 1 unspecified atom stereocenters. The summed E-state index contributed by atoms with van der Waals surface area (Å²) in [5, 5.41) is 2.95. The molecule has 2 amide bonds. The van der Waals surface area contributed by atoms with Crippen LogP contribution in [0.1, 0.15) is 38.5 Å². The summed E-state index contributed by atoms with van der Waals surface area (Å²) in [6.07, 6.45) is 9.66. The number of carbonyl (C=O) groups excluding carboxylic acids is 2. The van der Waals surface area contributed by atoms with Gasteiger partial charge in [0.25, 0.3) is 0 Å². The van der Waals surface area contributed by atoms with Gasteiger partial charge in [-0.05, 0) is 38.5 Å². The van der Waals surface area contributed by atoms with Gasteiger partial charge in [-0.15, -0.1) is 0 Å². The molecule has 4 heteroatoms. The Morgan fingerprint density at radius 3 is 2.68 bits per heavy atom. The lowest BCUT2D eigenvalue weighted by Crippen LogP contribution is -2.37. The summed E-state index contributed by atoms with van der Waals surface area (Å²) in [7, 11) is 0. The Labute approximate surface area is 114 Å². The van der Waals surface area contributed by atoms with Crippen LogP contribution in [0.25, 0.3) is 0 Å². The van der Waals surface area contributed by atoms with E-state index in [0.717, 1.165) is 58.2 Å². The van der Waals surface area contributed by atoms with Gasteiger partial charge in [-0.3, -0.25) is 9.59 Å². The molecule has 0 aromatic rings. The minimum Gasteiger partial charge on any atom is -0.356 e. The lowest BCUT2D eigenvalue weighted by atomic mass is 9.79. The second kappa shape index (κ2) is 4.99. The molecule has 2 aliphatic heterocycles. The number of nitrogens with one attached hydrogen (secondary N) is 1. The molecule has 1 N–H and O–H groups in total. The highest BCUT2D eigenvalue weighted by Gasteiger charge is 2.43. The normalized spacial score (nSPS) is 31.8. The fourth-order valence-corrected chi connectivity index (χ4v) is 3.68. The second-order valence-corrected chi connectivity index (χ2v) is 6.10. The maximum absolute atomic E-state index is 12.4. The first-order chi connectivity index (χ1) is 9.21. The number of allylic oxidation sites excluding steroid dienone is 2. The predicted molar refractivity (Wildman–Crippen MR) is 72.4 cm³/mol. The van der Waals surface area contributed by atoms with Crippen molar-refractivity contribution in [3.63, 3.8) is 0 Å². The lowest BCUT2D eigenvalue weighted by Gasteiger charge is -2.26. The molecule has 1 atom stereocenters. The highest BCUT2D eigenvalue weighted by atomic mass is 16.2. The monoisotopic (exact) mass is 262 g/mol. The molecule has 2 saturated heterocycles. The summed E-state index contributed by atoms with van der Waals surface area (Å²) in [6, 6.07) is 0. The Kier molecular flexibility index (Phi) is 3.33. The number of carbonyl (C=O) groups is 2. The molecule has 2 heterocycles. The fourth-order valence-electron chi connectivity index (χ4n) is 3.68. The third-order valence-electron chi connectivity index (χ3n) is 4.98. The summed E-state index contributed by atoms with van der Waals surface area (Å²) in [6.45, 7) is 2.38. The van der Waals surface area contributed by atoms with Crippen LogP contribution < -0.4 is 5.32 Å². The average molecular weight is 262 g/mol. The van der Waals surface area contributed by atoms with E-state index >= 15 is 0 Å². The molecule has 1 spiro atoms. The van der Waals surface area contributed by atoms with Crippen molar-refractivity contribution in [3.8, 4) is 0 Å². The van der Waals surface area contributed by atoms with Crippen LogP contribution in [0, 0.1) is 11.3 Å². The molecule has 3 aliphatic rings. The van der Waals surface area contributed by atoms with Crippen molar-refractivity contribution >= 4 is 11.8 Å². The number of amides is 2. The van der Waals surface area contributed by atoms with Gasteiger partial charge in [0.05, 0.1) is 5.41 Å². The van der Waals surface area contributed by atoms with E-state index in [-0.39, 0.29) is 17.2 Å². The maximum Gasteiger partial charge on any atom is 0.226 e. The number of nitrogens with zero attached hydrogens (tertiary/aromatic N) is 1. The first-order valence-corrected chi connectivity index (χ1v) is 7.43. The van der Waals surface area contributed by atoms with Crippen LogP contribution in [-0.2, 0) is 9.59 Å². The third kappa shape index (κ3) is 2.28. The molecule has 0 aromatic heterocycles. The van der Waals surface area contributed by atoms with Gasteiger partial charge >= 0.3 is 0 Å². The predicted octanol–water partition coefficient (Wildman–Crippen LogP) is 1.47. The summed E-state index contributed by atoms with van der Waals surface area (Å²) in [5.41, 5.74) is -0.178. The highest BCUT2D eigenvalue weighted by Crippen LogP contribution is 2.38. The first-order valence-electron chi connectivity index (χ1n) is 7.43. The number of hydrogen-bond acceptors (Lipinski definition) is 2. The van der Waals surface area contributed by atoms with Crippen molar-refractivity contribution in [3.05, 3.63) is 12.2 Å². The van der Waals surface area contributed by atoms with Crippen LogP contribution in [0.5, 0.6) is 0 Å². The van der Waals surface area contributed by atoms with Gasteiger partial charge < -0.3 is 10.2 Å². The molecule has 2 fully saturated rings. The molecule has 4 nitrogen and oxygen atoms in total. The van der Waals surface area contributed by atoms with E-state index in [9.17, 15) is 9.59 Å². The summed E-state index contributed by atoms with van der Waals surface area (Å²) in [5.74, 6) is 0.663. The van der Waals surface area contributed by atoms with Crippen molar-refractivity contribution in [2.45, 2.75) is 38.5 Å². The minimum absolute atomic E-state index is 0.159. The number of hydrogen-bond donors (Lipinski definition) is 1. The smallest absolute Gasteiger partial charge is 0.226 e. The zero-order valence-electron chi connectivity index (χ0n) is 11.4. The van der Waals surface area contributed by atoms with Gasteiger partial charge in [-0.25, -0.2) is 0 Å². The topological polar surface area (TPSA) is 49.4 Å². The van der Waals surface area contributed by atoms with Gasteiger partial charge in [0.2, 0.25) is 11.8 Å². The second-order valence-electron chi connectivity index (χ2n) is 6.10. The Bertz CT molecular complexity index is 410. The van der Waals surface area contributed by atoms with Gasteiger partial charge in [-0.2, -0.15) is 0 Å². The molecule has 0 bridgehead atoms. The Balaban J connectivity index is 1.64. The van der Waals surface area contributed by atoms with Crippen molar-refractivity contribution < 1.29 is 9.59 Å². The molecule has 0 aromatic carbocycles. The Morgan fingerprint density at radius 1 is 1.21 bits per heavy atom.